The van der Waals surface area contributed by atoms with E-state index in [2.05, 4.69) is 20.4 Å². The van der Waals surface area contributed by atoms with Crippen LogP contribution in [-0.4, -0.2) is 44.8 Å². The van der Waals surface area contributed by atoms with E-state index in [0.717, 1.165) is 31.9 Å². The average Bonchev–Trinajstić information content (AvgIpc) is 3.07. The van der Waals surface area contributed by atoms with Crippen LogP contribution in [0.2, 0.25) is 0 Å². The highest BCUT2D eigenvalue weighted by molar-refractivity contribution is 7.91. The molecular formula is C17H18N4O2S. The van der Waals surface area contributed by atoms with Crippen LogP contribution in [0, 0.1) is 0 Å². The van der Waals surface area contributed by atoms with Gasteiger partial charge in [0.2, 0.25) is 9.84 Å². The van der Waals surface area contributed by atoms with Gasteiger partial charge in [-0.25, -0.2) is 8.42 Å². The number of hydrogen-bond donors (Lipinski definition) is 2. The molecule has 0 radical (unpaired) electrons. The molecule has 6 nitrogen and oxygen atoms in total. The minimum Gasteiger partial charge on any atom is -0.369 e. The number of nitrogens with one attached hydrogen (secondary N) is 2. The number of benzene rings is 2. The van der Waals surface area contributed by atoms with Crippen LogP contribution in [0.3, 0.4) is 0 Å². The van der Waals surface area contributed by atoms with Gasteiger partial charge in [0.25, 0.3) is 0 Å². The molecule has 1 aliphatic rings. The van der Waals surface area contributed by atoms with Crippen molar-refractivity contribution in [1.29, 1.82) is 0 Å². The van der Waals surface area contributed by atoms with E-state index in [1.54, 1.807) is 30.3 Å². The Bertz CT molecular complexity index is 961. The number of sulfone groups is 1. The van der Waals surface area contributed by atoms with E-state index < -0.39 is 9.84 Å². The second kappa shape index (κ2) is 5.92. The Morgan fingerprint density at radius 3 is 2.50 bits per heavy atom. The molecule has 0 amide bonds. The van der Waals surface area contributed by atoms with Crippen molar-refractivity contribution in [3.8, 4) is 0 Å². The van der Waals surface area contributed by atoms with Crippen LogP contribution in [0.15, 0.2) is 58.5 Å². The molecule has 7 heteroatoms. The Balaban J connectivity index is 1.76. The lowest BCUT2D eigenvalue weighted by Gasteiger charge is -2.29. The first-order valence-electron chi connectivity index (χ1n) is 7.90. The third-order valence-corrected chi connectivity index (χ3v) is 6.05. The lowest BCUT2D eigenvalue weighted by molar-refractivity contribution is 0.589. The maximum atomic E-state index is 12.8. The number of nitrogens with zero attached hydrogens (tertiary/aromatic N) is 2. The molecule has 4 rings (SSSR count). The summed E-state index contributed by atoms with van der Waals surface area (Å²) in [5, 5.41) is 11.0. The summed E-state index contributed by atoms with van der Waals surface area (Å²) in [5.74, 6) is 0. The first kappa shape index (κ1) is 15.2. The number of aromatic nitrogens is 2. The number of fused-ring (bicyclic) bond motifs is 1. The number of aromatic amines is 1. The van der Waals surface area contributed by atoms with Crippen molar-refractivity contribution >= 4 is 26.4 Å². The summed E-state index contributed by atoms with van der Waals surface area (Å²) in [6.07, 6.45) is 0. The van der Waals surface area contributed by atoms with Crippen LogP contribution >= 0.6 is 0 Å². The van der Waals surface area contributed by atoms with Crippen molar-refractivity contribution < 1.29 is 8.42 Å². The van der Waals surface area contributed by atoms with Gasteiger partial charge in [0.15, 0.2) is 5.03 Å². The van der Waals surface area contributed by atoms with Gasteiger partial charge in [-0.05, 0) is 30.3 Å². The Morgan fingerprint density at radius 2 is 1.75 bits per heavy atom. The second-order valence-electron chi connectivity index (χ2n) is 5.81. The molecule has 0 bridgehead atoms. The van der Waals surface area contributed by atoms with E-state index in [-0.39, 0.29) is 9.92 Å². The molecule has 0 spiro atoms. The average molecular weight is 342 g/mol. The van der Waals surface area contributed by atoms with Crippen LogP contribution in [0.25, 0.3) is 10.9 Å². The van der Waals surface area contributed by atoms with Gasteiger partial charge in [0.05, 0.1) is 10.4 Å². The SMILES string of the molecule is O=S(=O)(c1ccccc1)c1[nH]nc2cc(N3CCNCC3)ccc12. The fourth-order valence-electron chi connectivity index (χ4n) is 3.02. The molecule has 3 aromatic rings. The Kier molecular flexibility index (Phi) is 3.74. The van der Waals surface area contributed by atoms with Gasteiger partial charge in [-0.15, -0.1) is 0 Å². The van der Waals surface area contributed by atoms with E-state index in [4.69, 9.17) is 0 Å². The zero-order valence-corrected chi connectivity index (χ0v) is 13.9. The molecule has 1 aromatic heterocycles. The molecule has 0 atom stereocenters. The fraction of sp³-hybridized carbons (Fsp3) is 0.235. The predicted octanol–water partition coefficient (Wildman–Crippen LogP) is 1.81. The summed E-state index contributed by atoms with van der Waals surface area (Å²) < 4.78 is 25.6. The first-order chi connectivity index (χ1) is 11.7. The maximum Gasteiger partial charge on any atom is 0.223 e. The summed E-state index contributed by atoms with van der Waals surface area (Å²) in [6, 6.07) is 14.2. The van der Waals surface area contributed by atoms with Gasteiger partial charge in [0.1, 0.15) is 0 Å². The van der Waals surface area contributed by atoms with Gasteiger partial charge in [-0.3, -0.25) is 5.10 Å². The summed E-state index contributed by atoms with van der Waals surface area (Å²) in [5.41, 5.74) is 1.74. The molecule has 2 N–H and O–H groups in total. The van der Waals surface area contributed by atoms with Crippen LogP contribution in [0.4, 0.5) is 5.69 Å². The van der Waals surface area contributed by atoms with Crippen LogP contribution < -0.4 is 10.2 Å². The number of rotatable bonds is 3. The Morgan fingerprint density at radius 1 is 1.00 bits per heavy atom. The van der Waals surface area contributed by atoms with Gasteiger partial charge < -0.3 is 10.2 Å². The molecule has 0 saturated carbocycles. The van der Waals surface area contributed by atoms with E-state index >= 15 is 0 Å². The zero-order chi connectivity index (χ0) is 16.6. The van der Waals surface area contributed by atoms with Crippen LogP contribution in [0.1, 0.15) is 0 Å². The molecular weight excluding hydrogens is 324 g/mol. The Labute approximate surface area is 140 Å². The van der Waals surface area contributed by atoms with Crippen molar-refractivity contribution in [1.82, 2.24) is 15.5 Å². The normalized spacial score (nSPS) is 15.8. The standard InChI is InChI=1S/C17H18N4O2S/c22-24(23,14-4-2-1-3-5-14)17-15-7-6-13(12-16(15)19-20-17)21-10-8-18-9-11-21/h1-7,12,18H,8-11H2,(H,19,20). The number of anilines is 1. The van der Waals surface area contributed by atoms with Gasteiger partial charge in [-0.2, -0.15) is 5.10 Å². The molecule has 124 valence electrons. The first-order valence-corrected chi connectivity index (χ1v) is 9.38. The van der Waals surface area contributed by atoms with Crippen LogP contribution in [-0.2, 0) is 9.84 Å². The van der Waals surface area contributed by atoms with Crippen molar-refractivity contribution in [3.05, 3.63) is 48.5 Å². The third kappa shape index (κ3) is 2.55. The molecule has 2 heterocycles. The molecule has 1 saturated heterocycles. The number of piperazine rings is 1. The monoisotopic (exact) mass is 342 g/mol. The largest absolute Gasteiger partial charge is 0.369 e. The lowest BCUT2D eigenvalue weighted by Crippen LogP contribution is -2.43. The van der Waals surface area contributed by atoms with Gasteiger partial charge in [0, 0.05) is 37.3 Å². The summed E-state index contributed by atoms with van der Waals surface area (Å²) in [4.78, 5) is 2.54. The minimum atomic E-state index is -3.60. The van der Waals surface area contributed by atoms with E-state index in [0.29, 0.717) is 10.9 Å². The minimum absolute atomic E-state index is 0.149. The molecule has 0 aliphatic carbocycles. The molecule has 0 unspecified atom stereocenters. The van der Waals surface area contributed by atoms with Gasteiger partial charge >= 0.3 is 0 Å². The van der Waals surface area contributed by atoms with E-state index in [1.807, 2.05) is 18.2 Å². The topological polar surface area (TPSA) is 78.1 Å². The van der Waals surface area contributed by atoms with Crippen molar-refractivity contribution in [2.75, 3.05) is 31.1 Å². The van der Waals surface area contributed by atoms with Gasteiger partial charge in [-0.1, -0.05) is 18.2 Å². The number of hydrogen-bond acceptors (Lipinski definition) is 5. The summed E-state index contributed by atoms with van der Waals surface area (Å²) in [6.45, 7) is 3.77. The van der Waals surface area contributed by atoms with Crippen molar-refractivity contribution in [2.45, 2.75) is 9.92 Å². The van der Waals surface area contributed by atoms with E-state index in [1.165, 1.54) is 0 Å². The van der Waals surface area contributed by atoms with Crippen molar-refractivity contribution in [2.24, 2.45) is 0 Å². The van der Waals surface area contributed by atoms with Crippen molar-refractivity contribution in [3.63, 3.8) is 0 Å². The number of H-pyrrole nitrogens is 1. The molecule has 1 aliphatic heterocycles. The highest BCUT2D eigenvalue weighted by Crippen LogP contribution is 2.29. The highest BCUT2D eigenvalue weighted by Gasteiger charge is 2.23. The summed E-state index contributed by atoms with van der Waals surface area (Å²) in [7, 11) is -3.60. The quantitative estimate of drug-likeness (QED) is 0.759. The summed E-state index contributed by atoms with van der Waals surface area (Å²) >= 11 is 0. The van der Waals surface area contributed by atoms with Crippen LogP contribution in [0.5, 0.6) is 0 Å². The third-order valence-electron chi connectivity index (χ3n) is 4.31. The fourth-order valence-corrected chi connectivity index (χ4v) is 4.40. The zero-order valence-electron chi connectivity index (χ0n) is 13.1. The molecule has 24 heavy (non-hydrogen) atoms. The molecule has 2 aromatic carbocycles. The maximum absolute atomic E-state index is 12.8. The van der Waals surface area contributed by atoms with E-state index in [9.17, 15) is 8.42 Å². The Hall–Kier alpha value is -2.38. The second-order valence-corrected chi connectivity index (χ2v) is 7.69. The predicted molar refractivity (Wildman–Crippen MR) is 93.1 cm³/mol. The lowest BCUT2D eigenvalue weighted by atomic mass is 10.2. The highest BCUT2D eigenvalue weighted by atomic mass is 32.2. The molecule has 1 fully saturated rings. The smallest absolute Gasteiger partial charge is 0.223 e.